The van der Waals surface area contributed by atoms with Crippen LogP contribution in [-0.4, -0.2) is 21.6 Å². The van der Waals surface area contributed by atoms with Crippen LogP contribution in [0.2, 0.25) is 18.1 Å². The van der Waals surface area contributed by atoms with Crippen molar-refractivity contribution in [1.82, 2.24) is 0 Å². The number of alkyl halides is 3. The Hall–Kier alpha value is -1.96. The van der Waals surface area contributed by atoms with Crippen molar-refractivity contribution >= 4 is 8.80 Å². The molecule has 0 N–H and O–H groups in total. The first-order valence-corrected chi connectivity index (χ1v) is 12.1. The largest absolute Gasteiger partial charge is 0.478 e. The Kier molecular flexibility index (Phi) is 7.16. The van der Waals surface area contributed by atoms with Crippen molar-refractivity contribution in [2.24, 2.45) is 0 Å². The second-order valence-corrected chi connectivity index (χ2v) is 10.7. The van der Waals surface area contributed by atoms with Gasteiger partial charge in [-0.3, -0.25) is 0 Å². The van der Waals surface area contributed by atoms with Gasteiger partial charge in [-0.1, -0.05) is 43.6 Å². The van der Waals surface area contributed by atoms with E-state index in [1.165, 1.54) is 36.7 Å². The third kappa shape index (κ3) is 5.59. The maximum atomic E-state index is 14.7. The average molecular weight is 445 g/mol. The number of hydrogen-bond donors (Lipinski definition) is 0. The molecule has 30 heavy (non-hydrogen) atoms. The zero-order valence-corrected chi connectivity index (χ0v) is 17.6. The van der Waals surface area contributed by atoms with Crippen LogP contribution in [0.15, 0.2) is 30.3 Å². The van der Waals surface area contributed by atoms with Crippen LogP contribution in [0.1, 0.15) is 37.7 Å². The second-order valence-electron chi connectivity index (χ2n) is 7.69. The van der Waals surface area contributed by atoms with Crippen molar-refractivity contribution in [2.45, 2.75) is 56.4 Å². The zero-order valence-electron chi connectivity index (χ0n) is 16.6. The van der Waals surface area contributed by atoms with Crippen molar-refractivity contribution < 1.29 is 31.1 Å². The predicted molar refractivity (Wildman–Crippen MR) is 106 cm³/mol. The molecule has 0 saturated carbocycles. The molecule has 0 atom stereocenters. The lowest BCUT2D eigenvalue weighted by Gasteiger charge is -2.27. The molecule has 8 heteroatoms. The Morgan fingerprint density at radius 2 is 1.60 bits per heavy atom. The van der Waals surface area contributed by atoms with Crippen LogP contribution in [0.5, 0.6) is 5.75 Å². The maximum Gasteiger partial charge on any atom is 0.422 e. The van der Waals surface area contributed by atoms with Crippen LogP contribution in [0.3, 0.4) is 0 Å². The molecule has 0 unspecified atom stereocenters. The third-order valence-electron chi connectivity index (χ3n) is 5.45. The SMILES string of the molecule is CCC[Si]1CCC(c2ccc(-c3cc(F)c(OCC(F)(F)F)c(F)c3)c(F)c2)CC1. The summed E-state index contributed by atoms with van der Waals surface area (Å²) in [7, 11) is -0.286. The summed E-state index contributed by atoms with van der Waals surface area (Å²) in [6, 6.07) is 9.95. The second kappa shape index (κ2) is 9.45. The van der Waals surface area contributed by atoms with Crippen LogP contribution >= 0.6 is 0 Å². The van der Waals surface area contributed by atoms with Gasteiger partial charge in [0.15, 0.2) is 24.0 Å². The van der Waals surface area contributed by atoms with Gasteiger partial charge in [0.05, 0.1) is 0 Å². The predicted octanol–water partition coefficient (Wildman–Crippen LogP) is 7.49. The van der Waals surface area contributed by atoms with E-state index in [4.69, 9.17) is 0 Å². The maximum absolute atomic E-state index is 14.7. The molecule has 0 amide bonds. The molecule has 0 bridgehead atoms. The molecule has 1 aliphatic rings. The summed E-state index contributed by atoms with van der Waals surface area (Å²) >= 11 is 0. The lowest BCUT2D eigenvalue weighted by molar-refractivity contribution is -0.154. The van der Waals surface area contributed by atoms with E-state index in [2.05, 4.69) is 11.7 Å². The quantitative estimate of drug-likeness (QED) is 0.331. The van der Waals surface area contributed by atoms with Crippen LogP contribution in [0, 0.1) is 17.5 Å². The van der Waals surface area contributed by atoms with Gasteiger partial charge in [-0.25, -0.2) is 13.2 Å². The van der Waals surface area contributed by atoms with E-state index in [9.17, 15) is 26.3 Å². The fourth-order valence-electron chi connectivity index (χ4n) is 3.99. The third-order valence-corrected chi connectivity index (χ3v) is 8.65. The Morgan fingerprint density at radius 1 is 0.967 bits per heavy atom. The Bertz CT molecular complexity index is 851. The van der Waals surface area contributed by atoms with E-state index in [1.807, 2.05) is 0 Å². The molecule has 163 valence electrons. The van der Waals surface area contributed by atoms with Crippen LogP contribution in [0.25, 0.3) is 11.1 Å². The van der Waals surface area contributed by atoms with Gasteiger partial charge in [0.1, 0.15) is 5.82 Å². The minimum atomic E-state index is -4.73. The molecule has 0 spiro atoms. The van der Waals surface area contributed by atoms with E-state index in [0.717, 1.165) is 30.5 Å². The fourth-order valence-corrected chi connectivity index (χ4v) is 6.96. The Balaban J connectivity index is 1.77. The highest BCUT2D eigenvalue weighted by Crippen LogP contribution is 2.37. The minimum Gasteiger partial charge on any atom is -0.478 e. The number of benzene rings is 2. The van der Waals surface area contributed by atoms with E-state index in [0.29, 0.717) is 0 Å². The fraction of sp³-hybridized carbons (Fsp3) is 0.455. The lowest BCUT2D eigenvalue weighted by atomic mass is 9.91. The van der Waals surface area contributed by atoms with Gasteiger partial charge in [0.2, 0.25) is 0 Å². The van der Waals surface area contributed by atoms with Gasteiger partial charge in [-0.2, -0.15) is 13.2 Å². The molecule has 2 aromatic rings. The first-order chi connectivity index (χ1) is 14.2. The van der Waals surface area contributed by atoms with Gasteiger partial charge in [-0.15, -0.1) is 0 Å². The molecule has 1 radical (unpaired) electrons. The highest BCUT2D eigenvalue weighted by molar-refractivity contribution is 6.59. The molecule has 2 aromatic carbocycles. The van der Waals surface area contributed by atoms with Crippen LogP contribution in [0.4, 0.5) is 26.3 Å². The molecule has 1 fully saturated rings. The topological polar surface area (TPSA) is 9.23 Å². The summed E-state index contributed by atoms with van der Waals surface area (Å²) in [5.41, 5.74) is 0.774. The van der Waals surface area contributed by atoms with Crippen LogP contribution < -0.4 is 4.74 Å². The summed E-state index contributed by atoms with van der Waals surface area (Å²) in [6.45, 7) is 0.379. The van der Waals surface area contributed by atoms with Crippen molar-refractivity contribution in [3.8, 4) is 16.9 Å². The molecule has 1 heterocycles. The number of rotatable bonds is 6. The molecule has 1 saturated heterocycles. The van der Waals surface area contributed by atoms with Gasteiger partial charge < -0.3 is 4.74 Å². The van der Waals surface area contributed by atoms with Gasteiger partial charge in [0.25, 0.3) is 0 Å². The summed E-state index contributed by atoms with van der Waals surface area (Å²) in [4.78, 5) is 0. The van der Waals surface area contributed by atoms with Crippen molar-refractivity contribution in [3.63, 3.8) is 0 Å². The van der Waals surface area contributed by atoms with Gasteiger partial charge in [0, 0.05) is 14.4 Å². The van der Waals surface area contributed by atoms with E-state index >= 15 is 0 Å². The van der Waals surface area contributed by atoms with Crippen molar-refractivity contribution in [3.05, 3.63) is 53.3 Å². The van der Waals surface area contributed by atoms with E-state index in [1.54, 1.807) is 6.07 Å². The normalized spacial score (nSPS) is 16.1. The Labute approximate surface area is 173 Å². The molecule has 1 nitrogen and oxygen atoms in total. The Morgan fingerprint density at radius 3 is 2.13 bits per heavy atom. The lowest BCUT2D eigenvalue weighted by Crippen LogP contribution is -2.20. The first-order valence-electron chi connectivity index (χ1n) is 10.00. The molecule has 1 aliphatic heterocycles. The minimum absolute atomic E-state index is 0.00883. The van der Waals surface area contributed by atoms with E-state index in [-0.39, 0.29) is 25.8 Å². The summed E-state index contributed by atoms with van der Waals surface area (Å²) in [5.74, 6) is -4.07. The monoisotopic (exact) mass is 445 g/mol. The van der Waals surface area contributed by atoms with Crippen molar-refractivity contribution in [1.29, 1.82) is 0 Å². The van der Waals surface area contributed by atoms with Gasteiger partial charge in [-0.05, 0) is 48.1 Å². The summed E-state index contributed by atoms with van der Waals surface area (Å²) in [6.07, 6.45) is -1.46. The number of halogens is 6. The van der Waals surface area contributed by atoms with E-state index < -0.39 is 36.0 Å². The molecule has 0 aliphatic carbocycles. The highest BCUT2D eigenvalue weighted by Gasteiger charge is 2.30. The first kappa shape index (κ1) is 22.7. The summed E-state index contributed by atoms with van der Waals surface area (Å²) in [5, 5.41) is 0. The van der Waals surface area contributed by atoms with Gasteiger partial charge >= 0.3 is 6.18 Å². The smallest absolute Gasteiger partial charge is 0.422 e. The molecule has 3 rings (SSSR count). The molecular formula is C22H23F6OSi. The zero-order chi connectivity index (χ0) is 21.9. The molecular weight excluding hydrogens is 422 g/mol. The number of hydrogen-bond acceptors (Lipinski definition) is 1. The highest BCUT2D eigenvalue weighted by atomic mass is 28.3. The average Bonchev–Trinajstić information content (AvgIpc) is 2.67. The molecule has 0 aromatic heterocycles. The summed E-state index contributed by atoms with van der Waals surface area (Å²) < 4.78 is 83.9. The number of ether oxygens (including phenoxy) is 1. The van der Waals surface area contributed by atoms with Crippen LogP contribution in [-0.2, 0) is 0 Å². The standard InChI is InChI=1S/C22H23F6OSi/c1-2-7-30-8-5-14(6-9-30)15-3-4-17(18(23)10-15)16-11-19(24)21(20(25)12-16)29-13-22(26,27)28/h3-4,10-12,14H,2,5-9,13H2,1H3. The van der Waals surface area contributed by atoms with Crippen molar-refractivity contribution in [2.75, 3.05) is 6.61 Å².